The highest BCUT2D eigenvalue weighted by atomic mass is 16.5. The summed E-state index contributed by atoms with van der Waals surface area (Å²) in [4.78, 5) is 30.8. The van der Waals surface area contributed by atoms with Crippen LogP contribution < -0.4 is 5.56 Å². The van der Waals surface area contributed by atoms with Gasteiger partial charge in [0.05, 0.1) is 24.2 Å². The van der Waals surface area contributed by atoms with Gasteiger partial charge in [0.15, 0.2) is 0 Å². The molecule has 2 aromatic heterocycles. The van der Waals surface area contributed by atoms with Crippen LogP contribution in [-0.2, 0) is 9.47 Å². The van der Waals surface area contributed by atoms with E-state index >= 15 is 0 Å². The third-order valence-corrected chi connectivity index (χ3v) is 6.74. The van der Waals surface area contributed by atoms with E-state index in [-0.39, 0.29) is 29.1 Å². The van der Waals surface area contributed by atoms with Crippen LogP contribution in [-0.4, -0.2) is 63.3 Å². The quantitative estimate of drug-likeness (QED) is 0.506. The third-order valence-electron chi connectivity index (χ3n) is 6.74. The SMILES string of the molecule is O=C(c1ccc2c(c1)[nH]c(=O)c1nnc(C3CCOCC3)n12)N1CCOC(c2ccccc2)C1. The average molecular weight is 460 g/mol. The zero-order chi connectivity index (χ0) is 23.1. The number of morpholine rings is 1. The summed E-state index contributed by atoms with van der Waals surface area (Å²) in [5.41, 5.74) is 2.90. The van der Waals surface area contributed by atoms with Gasteiger partial charge in [-0.25, -0.2) is 0 Å². The van der Waals surface area contributed by atoms with E-state index in [9.17, 15) is 9.59 Å². The lowest BCUT2D eigenvalue weighted by Gasteiger charge is -2.33. The van der Waals surface area contributed by atoms with Crippen molar-refractivity contribution in [3.63, 3.8) is 0 Å². The lowest BCUT2D eigenvalue weighted by atomic mass is 9.99. The Morgan fingerprint density at radius 1 is 1.03 bits per heavy atom. The Bertz CT molecular complexity index is 1410. The van der Waals surface area contributed by atoms with Gasteiger partial charge in [-0.15, -0.1) is 10.2 Å². The lowest BCUT2D eigenvalue weighted by Crippen LogP contribution is -2.42. The molecule has 1 atom stereocenters. The summed E-state index contributed by atoms with van der Waals surface area (Å²) in [5, 5.41) is 8.50. The standard InChI is InChI=1S/C25H25N5O4/c31-24-23-28-27-22(17-8-11-33-12-9-17)30(23)20-7-6-18(14-19(20)26-24)25(32)29-10-13-34-21(15-29)16-4-2-1-3-5-16/h1-7,14,17,21H,8-13,15H2,(H,26,31). The number of rotatable bonds is 3. The molecule has 0 radical (unpaired) electrons. The minimum absolute atomic E-state index is 0.0829. The van der Waals surface area contributed by atoms with Gasteiger partial charge in [0, 0.05) is 31.2 Å². The van der Waals surface area contributed by atoms with Gasteiger partial charge >= 0.3 is 0 Å². The van der Waals surface area contributed by atoms with Crippen LogP contribution in [0.5, 0.6) is 0 Å². The highest BCUT2D eigenvalue weighted by molar-refractivity contribution is 5.97. The van der Waals surface area contributed by atoms with Gasteiger partial charge in [-0.1, -0.05) is 30.3 Å². The van der Waals surface area contributed by atoms with Crippen molar-refractivity contribution in [3.05, 3.63) is 75.8 Å². The fourth-order valence-corrected chi connectivity index (χ4v) is 4.93. The van der Waals surface area contributed by atoms with Gasteiger partial charge in [-0.05, 0) is 36.6 Å². The second-order valence-corrected chi connectivity index (χ2v) is 8.81. The van der Waals surface area contributed by atoms with Crippen molar-refractivity contribution in [2.75, 3.05) is 32.9 Å². The van der Waals surface area contributed by atoms with Crippen LogP contribution >= 0.6 is 0 Å². The first-order chi connectivity index (χ1) is 16.7. The smallest absolute Gasteiger partial charge is 0.294 e. The Balaban J connectivity index is 1.34. The molecule has 0 aliphatic carbocycles. The summed E-state index contributed by atoms with van der Waals surface area (Å²) >= 11 is 0. The predicted octanol–water partition coefficient (Wildman–Crippen LogP) is 2.68. The number of fused-ring (bicyclic) bond motifs is 3. The fraction of sp³-hybridized carbons (Fsp3) is 0.360. The number of ether oxygens (including phenoxy) is 2. The lowest BCUT2D eigenvalue weighted by molar-refractivity contribution is -0.0228. The molecule has 9 nitrogen and oxygen atoms in total. The van der Waals surface area contributed by atoms with Gasteiger partial charge in [0.25, 0.3) is 11.5 Å². The maximum atomic E-state index is 13.4. The molecule has 0 spiro atoms. The number of carbonyl (C=O) groups is 1. The van der Waals surface area contributed by atoms with Crippen LogP contribution in [0, 0.1) is 0 Å². The summed E-state index contributed by atoms with van der Waals surface area (Å²) in [5.74, 6) is 0.867. The summed E-state index contributed by atoms with van der Waals surface area (Å²) in [6.07, 6.45) is 1.52. The molecule has 1 amide bonds. The number of hydrogen-bond donors (Lipinski definition) is 1. The Morgan fingerprint density at radius 2 is 1.85 bits per heavy atom. The van der Waals surface area contributed by atoms with Crippen molar-refractivity contribution in [1.29, 1.82) is 0 Å². The van der Waals surface area contributed by atoms with E-state index < -0.39 is 0 Å². The number of amides is 1. The molecule has 1 N–H and O–H groups in total. The molecular formula is C25H25N5O4. The van der Waals surface area contributed by atoms with E-state index in [4.69, 9.17) is 9.47 Å². The molecule has 2 aliphatic rings. The first-order valence-corrected chi connectivity index (χ1v) is 11.6. The van der Waals surface area contributed by atoms with Gasteiger partial charge in [0.1, 0.15) is 11.9 Å². The first kappa shape index (κ1) is 21.0. The molecular weight excluding hydrogens is 434 g/mol. The van der Waals surface area contributed by atoms with E-state index in [1.165, 1.54) is 0 Å². The minimum Gasteiger partial charge on any atom is -0.381 e. The van der Waals surface area contributed by atoms with Gasteiger partial charge in [-0.3, -0.25) is 14.0 Å². The second kappa shape index (κ2) is 8.66. The van der Waals surface area contributed by atoms with Crippen molar-refractivity contribution in [2.24, 2.45) is 0 Å². The van der Waals surface area contributed by atoms with Crippen molar-refractivity contribution in [3.8, 4) is 0 Å². The summed E-state index contributed by atoms with van der Waals surface area (Å²) in [6, 6.07) is 15.4. The predicted molar refractivity (Wildman–Crippen MR) is 125 cm³/mol. The molecule has 174 valence electrons. The largest absolute Gasteiger partial charge is 0.381 e. The number of benzene rings is 2. The van der Waals surface area contributed by atoms with Crippen molar-refractivity contribution >= 4 is 22.6 Å². The molecule has 0 bridgehead atoms. The fourth-order valence-electron chi connectivity index (χ4n) is 4.93. The molecule has 34 heavy (non-hydrogen) atoms. The maximum Gasteiger partial charge on any atom is 0.294 e. The monoisotopic (exact) mass is 459 g/mol. The highest BCUT2D eigenvalue weighted by Crippen LogP contribution is 2.28. The Kier molecular flexibility index (Phi) is 5.35. The van der Waals surface area contributed by atoms with E-state index in [1.807, 2.05) is 51.8 Å². The van der Waals surface area contributed by atoms with Crippen LogP contribution in [0.25, 0.3) is 16.7 Å². The Morgan fingerprint density at radius 3 is 2.68 bits per heavy atom. The van der Waals surface area contributed by atoms with Gasteiger partial charge in [0.2, 0.25) is 5.65 Å². The zero-order valence-electron chi connectivity index (χ0n) is 18.6. The summed E-state index contributed by atoms with van der Waals surface area (Å²) < 4.78 is 13.2. The number of H-pyrrole nitrogens is 1. The minimum atomic E-state index is -0.321. The van der Waals surface area contributed by atoms with Crippen LogP contribution in [0.15, 0.2) is 53.3 Å². The number of aromatic amines is 1. The third kappa shape index (κ3) is 3.66. The van der Waals surface area contributed by atoms with E-state index in [0.717, 1.165) is 29.7 Å². The van der Waals surface area contributed by atoms with Crippen LogP contribution in [0.2, 0.25) is 0 Å². The average Bonchev–Trinajstić information content (AvgIpc) is 3.35. The van der Waals surface area contributed by atoms with Crippen molar-refractivity contribution < 1.29 is 14.3 Å². The normalized spacial score (nSPS) is 19.6. The number of nitrogens with zero attached hydrogens (tertiary/aromatic N) is 4. The molecule has 2 fully saturated rings. The first-order valence-electron chi connectivity index (χ1n) is 11.6. The Labute approximate surface area is 195 Å². The number of hydrogen-bond acceptors (Lipinski definition) is 6. The summed E-state index contributed by atoms with van der Waals surface area (Å²) in [6.45, 7) is 2.82. The topological polar surface area (TPSA) is 102 Å². The van der Waals surface area contributed by atoms with E-state index in [1.54, 1.807) is 6.07 Å². The van der Waals surface area contributed by atoms with Crippen LogP contribution in [0.1, 0.15) is 46.6 Å². The zero-order valence-corrected chi connectivity index (χ0v) is 18.6. The molecule has 4 aromatic rings. The molecule has 2 saturated heterocycles. The van der Waals surface area contributed by atoms with Crippen molar-refractivity contribution in [1.82, 2.24) is 24.5 Å². The van der Waals surface area contributed by atoms with Gasteiger partial charge in [-0.2, -0.15) is 0 Å². The Hall–Kier alpha value is -3.56. The molecule has 2 aromatic carbocycles. The number of nitrogens with one attached hydrogen (secondary N) is 1. The molecule has 0 saturated carbocycles. The van der Waals surface area contributed by atoms with E-state index in [2.05, 4.69) is 15.2 Å². The second-order valence-electron chi connectivity index (χ2n) is 8.81. The van der Waals surface area contributed by atoms with Crippen LogP contribution in [0.3, 0.4) is 0 Å². The molecule has 6 rings (SSSR count). The molecule has 1 unspecified atom stereocenters. The summed E-state index contributed by atoms with van der Waals surface area (Å²) in [7, 11) is 0. The molecule has 2 aliphatic heterocycles. The van der Waals surface area contributed by atoms with E-state index in [0.29, 0.717) is 44.0 Å². The highest BCUT2D eigenvalue weighted by Gasteiger charge is 2.27. The number of aromatic nitrogens is 4. The van der Waals surface area contributed by atoms with Crippen molar-refractivity contribution in [2.45, 2.75) is 24.9 Å². The molecule has 9 heteroatoms. The number of carbonyl (C=O) groups excluding carboxylic acids is 1. The molecule has 4 heterocycles. The van der Waals surface area contributed by atoms with Crippen LogP contribution in [0.4, 0.5) is 0 Å². The maximum absolute atomic E-state index is 13.4. The van der Waals surface area contributed by atoms with Gasteiger partial charge < -0.3 is 19.4 Å².